The first-order valence-electron chi connectivity index (χ1n) is 11.1. The predicted molar refractivity (Wildman–Crippen MR) is 138 cm³/mol. The summed E-state index contributed by atoms with van der Waals surface area (Å²) < 4.78 is 5.81. The van der Waals surface area contributed by atoms with E-state index >= 15 is 0 Å². The van der Waals surface area contributed by atoms with Gasteiger partial charge in [-0.3, -0.25) is 4.90 Å². The van der Waals surface area contributed by atoms with Crippen molar-refractivity contribution < 1.29 is 4.74 Å². The number of rotatable bonds is 9. The lowest BCUT2D eigenvalue weighted by molar-refractivity contribution is 0.0900. The summed E-state index contributed by atoms with van der Waals surface area (Å²) in [6.45, 7) is 18.4. The summed E-state index contributed by atoms with van der Waals surface area (Å²) in [7, 11) is 2.21. The summed E-state index contributed by atoms with van der Waals surface area (Å²) in [6.07, 6.45) is 0. The number of ether oxygens (including phenoxy) is 1. The van der Waals surface area contributed by atoms with Crippen molar-refractivity contribution in [3.8, 4) is 5.75 Å². The van der Waals surface area contributed by atoms with Crippen LogP contribution in [-0.4, -0.2) is 74.7 Å². The van der Waals surface area contributed by atoms with E-state index in [1.165, 1.54) is 5.56 Å². The number of hydrogen-bond donors (Lipinski definition) is 2. The maximum Gasteiger partial charge on any atom is 0.191 e. The fraction of sp³-hybridized carbons (Fsp3) is 0.696. The van der Waals surface area contributed by atoms with Crippen LogP contribution in [-0.2, 0) is 6.54 Å². The van der Waals surface area contributed by atoms with Crippen molar-refractivity contribution in [2.24, 2.45) is 10.9 Å². The van der Waals surface area contributed by atoms with Gasteiger partial charge in [-0.25, -0.2) is 4.99 Å². The minimum absolute atomic E-state index is 0. The molecular weight excluding hydrogens is 489 g/mol. The lowest BCUT2D eigenvalue weighted by Crippen LogP contribution is -2.55. The molecular formula is C23H42IN5O. The van der Waals surface area contributed by atoms with E-state index in [0.717, 1.165) is 56.5 Å². The van der Waals surface area contributed by atoms with E-state index in [0.29, 0.717) is 25.1 Å². The number of guanidine groups is 1. The standard InChI is InChI=1S/C23H41N5O.HI/c1-7-24-23(25-16-20-10-9-19(5)15-22(20)29-8-2)26-17-21(18(3)4)28-13-11-27(6)12-14-28;/h9-10,15,18,21H,7-8,11-14,16-17H2,1-6H3,(H2,24,25,26);1H. The Morgan fingerprint density at radius 3 is 2.43 bits per heavy atom. The molecule has 30 heavy (non-hydrogen) atoms. The Balaban J connectivity index is 0.00000450. The van der Waals surface area contributed by atoms with E-state index in [9.17, 15) is 0 Å². The number of hydrogen-bond acceptors (Lipinski definition) is 4. The summed E-state index contributed by atoms with van der Waals surface area (Å²) in [5.41, 5.74) is 2.33. The quantitative estimate of drug-likeness (QED) is 0.291. The summed E-state index contributed by atoms with van der Waals surface area (Å²) in [5.74, 6) is 2.40. The smallest absolute Gasteiger partial charge is 0.191 e. The Morgan fingerprint density at radius 2 is 1.83 bits per heavy atom. The molecule has 2 N–H and O–H groups in total. The number of aliphatic imine (C=N–C) groups is 1. The summed E-state index contributed by atoms with van der Waals surface area (Å²) in [4.78, 5) is 9.86. The van der Waals surface area contributed by atoms with Crippen molar-refractivity contribution in [1.82, 2.24) is 20.4 Å². The van der Waals surface area contributed by atoms with Crippen molar-refractivity contribution in [1.29, 1.82) is 0 Å². The van der Waals surface area contributed by atoms with E-state index in [4.69, 9.17) is 9.73 Å². The highest BCUT2D eigenvalue weighted by Gasteiger charge is 2.25. The average Bonchev–Trinajstić information content (AvgIpc) is 2.68. The van der Waals surface area contributed by atoms with Crippen molar-refractivity contribution in [2.45, 2.75) is 47.2 Å². The van der Waals surface area contributed by atoms with E-state index in [1.54, 1.807) is 0 Å². The highest BCUT2D eigenvalue weighted by molar-refractivity contribution is 14.0. The first kappa shape index (κ1) is 27.0. The Labute approximate surface area is 200 Å². The van der Waals surface area contributed by atoms with Crippen LogP contribution in [0.25, 0.3) is 0 Å². The summed E-state index contributed by atoms with van der Waals surface area (Å²) in [6, 6.07) is 6.84. The van der Waals surface area contributed by atoms with Crippen molar-refractivity contribution in [3.05, 3.63) is 29.3 Å². The monoisotopic (exact) mass is 531 g/mol. The SMILES string of the molecule is CCNC(=NCc1ccc(C)cc1OCC)NCC(C(C)C)N1CCN(C)CC1.I. The molecule has 1 unspecified atom stereocenters. The van der Waals surface area contributed by atoms with E-state index < -0.39 is 0 Å². The summed E-state index contributed by atoms with van der Waals surface area (Å²) in [5, 5.41) is 6.98. The molecule has 1 heterocycles. The minimum Gasteiger partial charge on any atom is -0.494 e. The molecule has 0 saturated carbocycles. The van der Waals surface area contributed by atoms with Crippen LogP contribution in [0, 0.1) is 12.8 Å². The molecule has 6 nitrogen and oxygen atoms in total. The number of piperazine rings is 1. The highest BCUT2D eigenvalue weighted by Crippen LogP contribution is 2.21. The van der Waals surface area contributed by atoms with Crippen LogP contribution in [0.1, 0.15) is 38.8 Å². The number of nitrogens with one attached hydrogen (secondary N) is 2. The molecule has 1 aromatic carbocycles. The third kappa shape index (κ3) is 8.59. The van der Waals surface area contributed by atoms with Gasteiger partial charge >= 0.3 is 0 Å². The van der Waals surface area contributed by atoms with Gasteiger partial charge in [0.05, 0.1) is 13.2 Å². The minimum atomic E-state index is 0. The Bertz CT molecular complexity index is 644. The molecule has 172 valence electrons. The zero-order valence-corrected chi connectivity index (χ0v) is 22.0. The number of likely N-dealkylation sites (N-methyl/N-ethyl adjacent to an activating group) is 1. The number of halogens is 1. The Hall–Kier alpha value is -1.06. The lowest BCUT2D eigenvalue weighted by Gasteiger charge is -2.40. The molecule has 1 atom stereocenters. The average molecular weight is 532 g/mol. The van der Waals surface area contributed by atoms with E-state index in [1.807, 2.05) is 6.92 Å². The fourth-order valence-corrected chi connectivity index (χ4v) is 3.73. The molecule has 1 aromatic rings. The van der Waals surface area contributed by atoms with Gasteiger partial charge in [0.25, 0.3) is 0 Å². The molecule has 2 rings (SSSR count). The second kappa shape index (κ2) is 14.1. The molecule has 0 amide bonds. The van der Waals surface area contributed by atoms with Gasteiger partial charge in [0.15, 0.2) is 5.96 Å². The molecule has 1 saturated heterocycles. The number of aryl methyl sites for hydroxylation is 1. The normalized spacial score (nSPS) is 16.8. The second-order valence-corrected chi connectivity index (χ2v) is 8.27. The van der Waals surface area contributed by atoms with Gasteiger partial charge < -0.3 is 20.3 Å². The van der Waals surface area contributed by atoms with Crippen LogP contribution in [0.5, 0.6) is 5.75 Å². The van der Waals surface area contributed by atoms with E-state index in [2.05, 4.69) is 73.4 Å². The van der Waals surface area contributed by atoms with Crippen LogP contribution in [0.3, 0.4) is 0 Å². The first-order valence-corrected chi connectivity index (χ1v) is 11.1. The molecule has 7 heteroatoms. The molecule has 0 radical (unpaired) electrons. The second-order valence-electron chi connectivity index (χ2n) is 8.27. The molecule has 0 aromatic heterocycles. The highest BCUT2D eigenvalue weighted by atomic mass is 127. The van der Waals surface area contributed by atoms with Crippen molar-refractivity contribution in [3.63, 3.8) is 0 Å². The number of nitrogens with zero attached hydrogens (tertiary/aromatic N) is 3. The van der Waals surface area contributed by atoms with Crippen LogP contribution in [0.2, 0.25) is 0 Å². The first-order chi connectivity index (χ1) is 13.9. The van der Waals surface area contributed by atoms with E-state index in [-0.39, 0.29) is 24.0 Å². The maximum absolute atomic E-state index is 5.81. The van der Waals surface area contributed by atoms with Crippen molar-refractivity contribution in [2.75, 3.05) is 52.9 Å². The van der Waals surface area contributed by atoms with Crippen molar-refractivity contribution >= 4 is 29.9 Å². The van der Waals surface area contributed by atoms with Gasteiger partial charge in [0.1, 0.15) is 5.75 Å². The number of benzene rings is 1. The van der Waals surface area contributed by atoms with Crippen LogP contribution >= 0.6 is 24.0 Å². The zero-order chi connectivity index (χ0) is 21.2. The fourth-order valence-electron chi connectivity index (χ4n) is 3.73. The van der Waals surface area contributed by atoms with Crippen LogP contribution < -0.4 is 15.4 Å². The predicted octanol–water partition coefficient (Wildman–Crippen LogP) is 3.34. The Morgan fingerprint density at radius 1 is 1.13 bits per heavy atom. The zero-order valence-electron chi connectivity index (χ0n) is 19.7. The van der Waals surface area contributed by atoms with Gasteiger partial charge in [0, 0.05) is 50.9 Å². The van der Waals surface area contributed by atoms with Crippen LogP contribution in [0.4, 0.5) is 0 Å². The maximum atomic E-state index is 5.81. The third-order valence-electron chi connectivity index (χ3n) is 5.53. The summed E-state index contributed by atoms with van der Waals surface area (Å²) >= 11 is 0. The third-order valence-corrected chi connectivity index (χ3v) is 5.53. The van der Waals surface area contributed by atoms with Gasteiger partial charge in [-0.05, 0) is 45.4 Å². The molecule has 0 bridgehead atoms. The van der Waals surface area contributed by atoms with Crippen LogP contribution in [0.15, 0.2) is 23.2 Å². The molecule has 1 aliphatic rings. The largest absolute Gasteiger partial charge is 0.494 e. The molecule has 0 spiro atoms. The topological polar surface area (TPSA) is 52.1 Å². The Kier molecular flexibility index (Phi) is 12.7. The molecule has 0 aliphatic carbocycles. The van der Waals surface area contributed by atoms with Gasteiger partial charge in [-0.2, -0.15) is 0 Å². The van der Waals surface area contributed by atoms with Gasteiger partial charge in [-0.1, -0.05) is 26.0 Å². The lowest BCUT2D eigenvalue weighted by atomic mass is 10.0. The molecule has 1 fully saturated rings. The molecule has 1 aliphatic heterocycles. The van der Waals surface area contributed by atoms with Gasteiger partial charge in [-0.15, -0.1) is 24.0 Å². The van der Waals surface area contributed by atoms with Gasteiger partial charge in [0.2, 0.25) is 0 Å².